The van der Waals surface area contributed by atoms with Crippen LogP contribution in [0.4, 0.5) is 0 Å². The van der Waals surface area contributed by atoms with Crippen LogP contribution in [0.2, 0.25) is 0 Å². The number of oxime groups is 1. The Bertz CT molecular complexity index is 391. The lowest BCUT2D eigenvalue weighted by Crippen LogP contribution is -2.33. The maximum atomic E-state index is 8.55. The third-order valence-corrected chi connectivity index (χ3v) is 3.01. The van der Waals surface area contributed by atoms with Crippen molar-refractivity contribution in [3.63, 3.8) is 0 Å². The van der Waals surface area contributed by atoms with Crippen LogP contribution in [0.3, 0.4) is 0 Å². The first kappa shape index (κ1) is 15.5. The summed E-state index contributed by atoms with van der Waals surface area (Å²) in [5.41, 5.74) is 5.49. The molecule has 0 aliphatic carbocycles. The molecule has 0 aliphatic rings. The Labute approximate surface area is 113 Å². The lowest BCUT2D eigenvalue weighted by Gasteiger charge is -2.22. The first-order chi connectivity index (χ1) is 9.17. The van der Waals surface area contributed by atoms with E-state index in [2.05, 4.69) is 19.6 Å². The minimum atomic E-state index is 0.251. The predicted molar refractivity (Wildman–Crippen MR) is 73.3 cm³/mol. The molecule has 0 atom stereocenters. The fourth-order valence-electron chi connectivity index (χ4n) is 1.77. The number of methoxy groups -OCH3 is 1. The molecule has 0 unspecified atom stereocenters. The highest BCUT2D eigenvalue weighted by Crippen LogP contribution is 1.98. The van der Waals surface area contributed by atoms with Gasteiger partial charge in [-0.05, 0) is 6.92 Å². The third-order valence-electron chi connectivity index (χ3n) is 3.01. The van der Waals surface area contributed by atoms with Crippen molar-refractivity contribution < 1.29 is 9.94 Å². The van der Waals surface area contributed by atoms with Gasteiger partial charge in [0.25, 0.3) is 0 Å². The molecule has 0 aromatic carbocycles. The van der Waals surface area contributed by atoms with E-state index < -0.39 is 0 Å². The minimum absolute atomic E-state index is 0.251. The van der Waals surface area contributed by atoms with Crippen molar-refractivity contribution in [2.75, 3.05) is 33.4 Å². The molecule has 7 heteroatoms. The summed E-state index contributed by atoms with van der Waals surface area (Å²) in [6.45, 7) is 5.95. The summed E-state index contributed by atoms with van der Waals surface area (Å²) in [4.78, 5) is 6.41. The number of nitrogens with zero attached hydrogens (tertiary/aromatic N) is 4. The van der Waals surface area contributed by atoms with E-state index in [1.807, 2.05) is 13.1 Å². The highest BCUT2D eigenvalue weighted by molar-refractivity contribution is 5.79. The van der Waals surface area contributed by atoms with Crippen LogP contribution >= 0.6 is 0 Å². The van der Waals surface area contributed by atoms with Crippen LogP contribution in [-0.2, 0) is 11.3 Å². The SMILES string of the molecule is COCCN(CCC(N)=NO)CCn1ccnc1C. The maximum absolute atomic E-state index is 8.55. The average molecular weight is 269 g/mol. The van der Waals surface area contributed by atoms with Crippen LogP contribution in [0.5, 0.6) is 0 Å². The Kier molecular flexibility index (Phi) is 6.91. The van der Waals surface area contributed by atoms with E-state index >= 15 is 0 Å². The summed E-state index contributed by atoms with van der Waals surface area (Å²) in [5, 5.41) is 11.5. The number of ether oxygens (including phenoxy) is 1. The van der Waals surface area contributed by atoms with Crippen LogP contribution in [0.1, 0.15) is 12.2 Å². The molecule has 0 saturated carbocycles. The number of imidazole rings is 1. The molecular weight excluding hydrogens is 246 g/mol. The van der Waals surface area contributed by atoms with Gasteiger partial charge >= 0.3 is 0 Å². The second kappa shape index (κ2) is 8.49. The molecule has 0 bridgehead atoms. The molecule has 0 aliphatic heterocycles. The standard InChI is InChI=1S/C12H23N5O2/c1-11-14-4-6-17(11)8-7-16(9-10-19-2)5-3-12(13)15-18/h4,6,18H,3,5,7-10H2,1-2H3,(H2,13,15). The number of rotatable bonds is 9. The molecule has 108 valence electrons. The van der Waals surface area contributed by atoms with Crippen LogP contribution in [0.15, 0.2) is 17.5 Å². The Morgan fingerprint density at radius 1 is 1.53 bits per heavy atom. The summed E-state index contributed by atoms with van der Waals surface area (Å²) >= 11 is 0. The molecule has 0 spiro atoms. The molecule has 7 nitrogen and oxygen atoms in total. The molecule has 1 aromatic rings. The molecule has 0 radical (unpaired) electrons. The average Bonchev–Trinajstić information content (AvgIpc) is 2.83. The van der Waals surface area contributed by atoms with Crippen molar-refractivity contribution in [2.24, 2.45) is 10.9 Å². The second-order valence-corrected chi connectivity index (χ2v) is 4.34. The number of hydrogen-bond donors (Lipinski definition) is 2. The van der Waals surface area contributed by atoms with Gasteiger partial charge in [0.15, 0.2) is 0 Å². The van der Waals surface area contributed by atoms with Crippen molar-refractivity contribution in [1.29, 1.82) is 0 Å². The second-order valence-electron chi connectivity index (χ2n) is 4.34. The van der Waals surface area contributed by atoms with Gasteiger partial charge in [-0.2, -0.15) is 0 Å². The van der Waals surface area contributed by atoms with Gasteiger partial charge < -0.3 is 20.2 Å². The summed E-state index contributed by atoms with van der Waals surface area (Å²) in [7, 11) is 1.68. The molecular formula is C12H23N5O2. The predicted octanol–water partition coefficient (Wildman–Crippen LogP) is 0.276. The zero-order chi connectivity index (χ0) is 14.1. The molecule has 0 fully saturated rings. The van der Waals surface area contributed by atoms with Crippen LogP contribution in [0, 0.1) is 6.92 Å². The zero-order valence-corrected chi connectivity index (χ0v) is 11.6. The molecule has 1 rings (SSSR count). The molecule has 0 saturated heterocycles. The van der Waals surface area contributed by atoms with Crippen molar-refractivity contribution in [2.45, 2.75) is 19.9 Å². The number of aryl methyl sites for hydroxylation is 1. The van der Waals surface area contributed by atoms with Gasteiger partial charge in [0, 0.05) is 52.1 Å². The monoisotopic (exact) mass is 269 g/mol. The van der Waals surface area contributed by atoms with Crippen LogP contribution in [-0.4, -0.2) is 58.8 Å². The highest BCUT2D eigenvalue weighted by Gasteiger charge is 2.07. The zero-order valence-electron chi connectivity index (χ0n) is 11.6. The molecule has 0 amide bonds. The van der Waals surface area contributed by atoms with E-state index in [1.54, 1.807) is 13.3 Å². The third kappa shape index (κ3) is 5.71. The fourth-order valence-corrected chi connectivity index (χ4v) is 1.77. The van der Waals surface area contributed by atoms with E-state index in [1.165, 1.54) is 0 Å². The Hall–Kier alpha value is -1.60. The number of nitrogens with two attached hydrogens (primary N) is 1. The van der Waals surface area contributed by atoms with Gasteiger partial charge in [0.1, 0.15) is 11.7 Å². The summed E-state index contributed by atoms with van der Waals surface area (Å²) in [6.07, 6.45) is 4.31. The van der Waals surface area contributed by atoms with E-state index in [9.17, 15) is 0 Å². The van der Waals surface area contributed by atoms with Crippen LogP contribution < -0.4 is 5.73 Å². The quantitative estimate of drug-likeness (QED) is 0.291. The van der Waals surface area contributed by atoms with Gasteiger partial charge in [0.05, 0.1) is 6.61 Å². The molecule has 3 N–H and O–H groups in total. The Balaban J connectivity index is 2.42. The Morgan fingerprint density at radius 2 is 2.32 bits per heavy atom. The summed E-state index contributed by atoms with van der Waals surface area (Å²) in [5.74, 6) is 1.25. The first-order valence-electron chi connectivity index (χ1n) is 6.32. The van der Waals surface area contributed by atoms with Gasteiger partial charge in [-0.25, -0.2) is 4.98 Å². The smallest absolute Gasteiger partial charge is 0.140 e. The molecule has 1 heterocycles. The normalized spacial score (nSPS) is 12.3. The van der Waals surface area contributed by atoms with E-state index in [0.29, 0.717) is 13.0 Å². The van der Waals surface area contributed by atoms with E-state index in [-0.39, 0.29) is 5.84 Å². The largest absolute Gasteiger partial charge is 0.409 e. The van der Waals surface area contributed by atoms with Gasteiger partial charge in [0.2, 0.25) is 0 Å². The topological polar surface area (TPSA) is 88.9 Å². The minimum Gasteiger partial charge on any atom is -0.409 e. The highest BCUT2D eigenvalue weighted by atomic mass is 16.5. The van der Waals surface area contributed by atoms with Crippen molar-refractivity contribution in [3.8, 4) is 0 Å². The van der Waals surface area contributed by atoms with Crippen molar-refractivity contribution in [1.82, 2.24) is 14.5 Å². The number of hydrogen-bond acceptors (Lipinski definition) is 5. The maximum Gasteiger partial charge on any atom is 0.140 e. The number of amidine groups is 1. The molecule has 1 aromatic heterocycles. The van der Waals surface area contributed by atoms with E-state index in [0.717, 1.165) is 32.0 Å². The van der Waals surface area contributed by atoms with Gasteiger partial charge in [-0.1, -0.05) is 5.16 Å². The lowest BCUT2D eigenvalue weighted by atomic mass is 10.3. The van der Waals surface area contributed by atoms with Crippen molar-refractivity contribution >= 4 is 5.84 Å². The lowest BCUT2D eigenvalue weighted by molar-refractivity contribution is 0.146. The van der Waals surface area contributed by atoms with Gasteiger partial charge in [-0.15, -0.1) is 0 Å². The van der Waals surface area contributed by atoms with Crippen LogP contribution in [0.25, 0.3) is 0 Å². The number of aromatic nitrogens is 2. The first-order valence-corrected chi connectivity index (χ1v) is 6.32. The molecule has 19 heavy (non-hydrogen) atoms. The summed E-state index contributed by atoms with van der Waals surface area (Å²) < 4.78 is 7.20. The van der Waals surface area contributed by atoms with E-state index in [4.69, 9.17) is 15.7 Å². The van der Waals surface area contributed by atoms with Gasteiger partial charge in [-0.3, -0.25) is 4.90 Å². The summed E-state index contributed by atoms with van der Waals surface area (Å²) in [6, 6.07) is 0. The fraction of sp³-hybridized carbons (Fsp3) is 0.667. The Morgan fingerprint density at radius 3 is 2.89 bits per heavy atom. The van der Waals surface area contributed by atoms with Crippen molar-refractivity contribution in [3.05, 3.63) is 18.2 Å².